The minimum atomic E-state index is -4.46. The molecular formula is C15H13F3N2O. The summed E-state index contributed by atoms with van der Waals surface area (Å²) in [5.74, 6) is -0.537. The molecule has 0 spiro atoms. The number of anilines is 2. The second kappa shape index (κ2) is 5.47. The van der Waals surface area contributed by atoms with Gasteiger partial charge in [-0.05, 0) is 36.8 Å². The van der Waals surface area contributed by atoms with Crippen molar-refractivity contribution in [1.82, 2.24) is 0 Å². The third kappa shape index (κ3) is 3.34. The summed E-state index contributed by atoms with van der Waals surface area (Å²) in [7, 11) is 0. The molecule has 21 heavy (non-hydrogen) atoms. The summed E-state index contributed by atoms with van der Waals surface area (Å²) >= 11 is 0. The van der Waals surface area contributed by atoms with Crippen LogP contribution in [0, 0.1) is 6.92 Å². The van der Waals surface area contributed by atoms with E-state index in [1.165, 1.54) is 12.1 Å². The third-order valence-corrected chi connectivity index (χ3v) is 2.98. The van der Waals surface area contributed by atoms with Gasteiger partial charge in [-0.2, -0.15) is 13.2 Å². The van der Waals surface area contributed by atoms with Crippen molar-refractivity contribution in [3.63, 3.8) is 0 Å². The molecule has 0 aliphatic rings. The fourth-order valence-electron chi connectivity index (χ4n) is 1.97. The van der Waals surface area contributed by atoms with Crippen molar-refractivity contribution in [3.8, 4) is 0 Å². The Hall–Kier alpha value is -2.50. The molecule has 1 amide bonds. The Morgan fingerprint density at radius 2 is 1.81 bits per heavy atom. The molecule has 110 valence electrons. The Labute approximate surface area is 119 Å². The Morgan fingerprint density at radius 3 is 2.43 bits per heavy atom. The van der Waals surface area contributed by atoms with Crippen LogP contribution in [0.2, 0.25) is 0 Å². The normalized spacial score (nSPS) is 11.2. The average Bonchev–Trinajstić information content (AvgIpc) is 2.37. The van der Waals surface area contributed by atoms with Crippen LogP contribution in [-0.2, 0) is 6.18 Å². The summed E-state index contributed by atoms with van der Waals surface area (Å²) in [5, 5.41) is 2.43. The van der Waals surface area contributed by atoms with E-state index in [1.54, 1.807) is 25.1 Å². The number of hydrogen-bond acceptors (Lipinski definition) is 2. The van der Waals surface area contributed by atoms with Crippen LogP contribution in [0.1, 0.15) is 21.5 Å². The quantitative estimate of drug-likeness (QED) is 0.827. The van der Waals surface area contributed by atoms with E-state index >= 15 is 0 Å². The molecule has 2 rings (SSSR count). The van der Waals surface area contributed by atoms with Gasteiger partial charge in [0.15, 0.2) is 0 Å². The van der Waals surface area contributed by atoms with Crippen LogP contribution in [0.5, 0.6) is 0 Å². The topological polar surface area (TPSA) is 55.1 Å². The largest absolute Gasteiger partial charge is 0.416 e. The molecule has 0 aliphatic carbocycles. The first-order valence-corrected chi connectivity index (χ1v) is 6.13. The molecule has 6 heteroatoms. The van der Waals surface area contributed by atoms with Crippen LogP contribution >= 0.6 is 0 Å². The predicted molar refractivity (Wildman–Crippen MR) is 75.0 cm³/mol. The van der Waals surface area contributed by atoms with Gasteiger partial charge >= 0.3 is 6.18 Å². The van der Waals surface area contributed by atoms with Gasteiger partial charge in [0.05, 0.1) is 11.1 Å². The highest BCUT2D eigenvalue weighted by Gasteiger charge is 2.30. The van der Waals surface area contributed by atoms with Crippen molar-refractivity contribution in [2.24, 2.45) is 0 Å². The van der Waals surface area contributed by atoms with Crippen molar-refractivity contribution in [2.45, 2.75) is 13.1 Å². The van der Waals surface area contributed by atoms with Gasteiger partial charge in [-0.15, -0.1) is 0 Å². The lowest BCUT2D eigenvalue weighted by Crippen LogP contribution is -2.16. The number of carbonyl (C=O) groups excluding carboxylic acids is 1. The van der Waals surface area contributed by atoms with E-state index < -0.39 is 17.6 Å². The minimum Gasteiger partial charge on any atom is -0.398 e. The van der Waals surface area contributed by atoms with E-state index in [0.717, 1.165) is 12.1 Å². The van der Waals surface area contributed by atoms with E-state index in [-0.39, 0.29) is 16.9 Å². The van der Waals surface area contributed by atoms with Gasteiger partial charge in [-0.3, -0.25) is 4.79 Å². The Morgan fingerprint density at radius 1 is 1.14 bits per heavy atom. The standard InChI is InChI=1S/C15H13F3N2O/c1-9-4-2-7-12(19)13(9)14(21)20-11-6-3-5-10(8-11)15(16,17)18/h2-8H,19H2,1H3,(H,20,21). The van der Waals surface area contributed by atoms with E-state index in [4.69, 9.17) is 5.73 Å². The molecule has 3 nitrogen and oxygen atoms in total. The predicted octanol–water partition coefficient (Wildman–Crippen LogP) is 3.85. The summed E-state index contributed by atoms with van der Waals surface area (Å²) in [6.45, 7) is 1.71. The highest BCUT2D eigenvalue weighted by Crippen LogP contribution is 2.31. The smallest absolute Gasteiger partial charge is 0.398 e. The van der Waals surface area contributed by atoms with E-state index in [9.17, 15) is 18.0 Å². The number of carbonyl (C=O) groups is 1. The molecule has 3 N–H and O–H groups in total. The van der Waals surface area contributed by atoms with Gasteiger partial charge < -0.3 is 11.1 Å². The van der Waals surface area contributed by atoms with E-state index in [1.807, 2.05) is 0 Å². The maximum absolute atomic E-state index is 12.6. The van der Waals surface area contributed by atoms with Gasteiger partial charge in [0, 0.05) is 11.4 Å². The van der Waals surface area contributed by atoms with Crippen LogP contribution in [0.3, 0.4) is 0 Å². The number of amides is 1. The Kier molecular flexibility index (Phi) is 3.88. The number of rotatable bonds is 2. The first-order chi connectivity index (χ1) is 9.79. The van der Waals surface area contributed by atoms with Crippen molar-refractivity contribution in [3.05, 3.63) is 59.2 Å². The van der Waals surface area contributed by atoms with Crippen LogP contribution < -0.4 is 11.1 Å². The Bertz CT molecular complexity index is 661. The second-order valence-corrected chi connectivity index (χ2v) is 4.57. The molecule has 0 saturated heterocycles. The van der Waals surface area contributed by atoms with Gasteiger partial charge in [0.25, 0.3) is 5.91 Å². The molecule has 0 heterocycles. The lowest BCUT2D eigenvalue weighted by molar-refractivity contribution is -0.137. The lowest BCUT2D eigenvalue weighted by Gasteiger charge is -2.12. The van der Waals surface area contributed by atoms with Gasteiger partial charge in [-0.25, -0.2) is 0 Å². The van der Waals surface area contributed by atoms with E-state index in [2.05, 4.69) is 5.32 Å². The van der Waals surface area contributed by atoms with Crippen molar-refractivity contribution in [2.75, 3.05) is 11.1 Å². The highest BCUT2D eigenvalue weighted by molar-refractivity contribution is 6.08. The van der Waals surface area contributed by atoms with Crippen molar-refractivity contribution in [1.29, 1.82) is 0 Å². The molecule has 0 atom stereocenters. The number of nitrogens with two attached hydrogens (primary N) is 1. The first-order valence-electron chi connectivity index (χ1n) is 6.13. The second-order valence-electron chi connectivity index (χ2n) is 4.57. The number of alkyl halides is 3. The molecular weight excluding hydrogens is 281 g/mol. The molecule has 2 aromatic rings. The molecule has 0 aromatic heterocycles. The maximum atomic E-state index is 12.6. The highest BCUT2D eigenvalue weighted by atomic mass is 19.4. The Balaban J connectivity index is 2.28. The fourth-order valence-corrected chi connectivity index (χ4v) is 1.97. The van der Waals surface area contributed by atoms with Gasteiger partial charge in [0.2, 0.25) is 0 Å². The molecule has 0 aliphatic heterocycles. The minimum absolute atomic E-state index is 0.0671. The van der Waals surface area contributed by atoms with Crippen LogP contribution in [0.15, 0.2) is 42.5 Å². The average molecular weight is 294 g/mol. The SMILES string of the molecule is Cc1cccc(N)c1C(=O)Nc1cccc(C(F)(F)F)c1. The maximum Gasteiger partial charge on any atom is 0.416 e. The van der Waals surface area contributed by atoms with Crippen LogP contribution in [0.25, 0.3) is 0 Å². The van der Waals surface area contributed by atoms with Gasteiger partial charge in [-0.1, -0.05) is 18.2 Å². The fraction of sp³-hybridized carbons (Fsp3) is 0.133. The van der Waals surface area contributed by atoms with E-state index in [0.29, 0.717) is 5.56 Å². The summed E-state index contributed by atoms with van der Waals surface area (Å²) < 4.78 is 37.9. The number of nitrogen functional groups attached to an aromatic ring is 1. The molecule has 0 unspecified atom stereocenters. The lowest BCUT2D eigenvalue weighted by atomic mass is 10.1. The third-order valence-electron chi connectivity index (χ3n) is 2.98. The van der Waals surface area contributed by atoms with Crippen molar-refractivity contribution >= 4 is 17.3 Å². The zero-order chi connectivity index (χ0) is 15.6. The number of hydrogen-bond donors (Lipinski definition) is 2. The summed E-state index contributed by atoms with van der Waals surface area (Å²) in [6.07, 6.45) is -4.46. The van der Waals surface area contributed by atoms with Gasteiger partial charge in [0.1, 0.15) is 0 Å². The number of benzene rings is 2. The monoisotopic (exact) mass is 294 g/mol. The molecule has 2 aromatic carbocycles. The molecule has 0 bridgehead atoms. The summed E-state index contributed by atoms with van der Waals surface area (Å²) in [4.78, 5) is 12.1. The number of halogens is 3. The zero-order valence-corrected chi connectivity index (χ0v) is 11.2. The zero-order valence-electron chi connectivity index (χ0n) is 11.2. The molecule has 0 saturated carbocycles. The molecule has 0 fully saturated rings. The number of nitrogens with one attached hydrogen (secondary N) is 1. The molecule has 0 radical (unpaired) electrons. The summed E-state index contributed by atoms with van der Waals surface area (Å²) in [5.41, 5.74) is 6.17. The number of aryl methyl sites for hydroxylation is 1. The van der Waals surface area contributed by atoms with Crippen LogP contribution in [-0.4, -0.2) is 5.91 Å². The first kappa shape index (κ1) is 14.9. The van der Waals surface area contributed by atoms with Crippen molar-refractivity contribution < 1.29 is 18.0 Å². The van der Waals surface area contributed by atoms with Crippen LogP contribution in [0.4, 0.5) is 24.5 Å². The summed E-state index contributed by atoms with van der Waals surface area (Å²) in [6, 6.07) is 9.42.